The van der Waals surface area contributed by atoms with Crippen molar-refractivity contribution in [2.45, 2.75) is 39.5 Å². The van der Waals surface area contributed by atoms with Crippen molar-refractivity contribution in [1.29, 1.82) is 0 Å². The molecule has 0 bridgehead atoms. The Hall–Kier alpha value is -2.48. The molecule has 4 aliphatic carbocycles. The van der Waals surface area contributed by atoms with Gasteiger partial charge in [0, 0.05) is 0 Å². The molecule has 0 saturated carbocycles. The van der Waals surface area contributed by atoms with Gasteiger partial charge >= 0.3 is 30.2 Å². The second-order valence-electron chi connectivity index (χ2n) is 10.4. The third-order valence-electron chi connectivity index (χ3n) is 7.01. The van der Waals surface area contributed by atoms with E-state index in [4.69, 9.17) is 0 Å². The summed E-state index contributed by atoms with van der Waals surface area (Å²) in [6, 6.07) is 49.8. The van der Waals surface area contributed by atoms with Crippen molar-refractivity contribution >= 4 is 31.7 Å². The average molecular weight is 715 g/mol. The Morgan fingerprint density at radius 1 is 0.455 bits per heavy atom. The molecule has 4 aliphatic rings. The van der Waals surface area contributed by atoms with Gasteiger partial charge in [0.1, 0.15) is 0 Å². The van der Waals surface area contributed by atoms with Crippen molar-refractivity contribution in [3.05, 3.63) is 159 Å². The maximum absolute atomic E-state index is 3.53. The van der Waals surface area contributed by atoms with Crippen LogP contribution in [0.2, 0.25) is 0 Å². The first-order chi connectivity index (χ1) is 19.5. The molecule has 0 saturated heterocycles. The Labute approximate surface area is 296 Å². The third-order valence-corrected chi connectivity index (χ3v) is 7.01. The van der Waals surface area contributed by atoms with Crippen LogP contribution in [0.15, 0.2) is 121 Å². The molecule has 0 radical (unpaired) electrons. The van der Waals surface area contributed by atoms with Crippen LogP contribution in [0.5, 0.6) is 0 Å². The zero-order valence-corrected chi connectivity index (χ0v) is 32.2. The fraction of sp³-hybridized carbons (Fsp3) is 0.150. The molecule has 2 aromatic carbocycles. The summed E-state index contributed by atoms with van der Waals surface area (Å²) in [7, 11) is 0. The van der Waals surface area contributed by atoms with Gasteiger partial charge in [-0.1, -0.05) is 124 Å². The summed E-state index contributed by atoms with van der Waals surface area (Å²) >= 11 is 1.58. The Morgan fingerprint density at radius 3 is 1.07 bits per heavy atom. The quantitative estimate of drug-likeness (QED) is 0.126. The summed E-state index contributed by atoms with van der Waals surface area (Å²) in [6.07, 6.45) is 0. The van der Waals surface area contributed by atoms with Crippen LogP contribution in [0.1, 0.15) is 50.7 Å². The first kappa shape index (κ1) is 41.5. The first-order valence-electron chi connectivity index (χ1n) is 13.9. The number of rotatable bonds is 4. The molecular weight excluding hydrogens is 671 g/mol. The van der Waals surface area contributed by atoms with Crippen LogP contribution in [-0.4, -0.2) is 6.88 Å². The summed E-state index contributed by atoms with van der Waals surface area (Å²) < 4.78 is 0. The van der Waals surface area contributed by atoms with E-state index in [2.05, 4.69) is 161 Å². The Morgan fingerprint density at radius 2 is 0.750 bits per heavy atom. The minimum atomic E-state index is 0. The molecule has 0 unspecified atom stereocenters. The van der Waals surface area contributed by atoms with Crippen molar-refractivity contribution < 1.29 is 23.3 Å². The monoisotopic (exact) mass is 712 g/mol. The van der Waals surface area contributed by atoms with Crippen LogP contribution in [0, 0.1) is 27.0 Å². The molecular formula is C40H44Cl2SiZr-4. The molecule has 0 spiro atoms. The van der Waals surface area contributed by atoms with Crippen molar-refractivity contribution in [1.82, 2.24) is 0 Å². The van der Waals surface area contributed by atoms with Gasteiger partial charge in [0.2, 0.25) is 0 Å². The summed E-state index contributed by atoms with van der Waals surface area (Å²) in [4.78, 5) is 0. The van der Waals surface area contributed by atoms with Crippen molar-refractivity contribution in [2.24, 2.45) is 0 Å². The van der Waals surface area contributed by atoms with Gasteiger partial charge in [-0.2, -0.15) is 23.3 Å². The normalized spacial score (nSPS) is 9.66. The fourth-order valence-corrected chi connectivity index (χ4v) is 4.84. The third kappa shape index (κ3) is 10.3. The molecule has 0 fully saturated rings. The molecule has 0 nitrogen and oxygen atoms in total. The minimum absolute atomic E-state index is 0. The molecule has 0 N–H and O–H groups in total. The molecule has 230 valence electrons. The second kappa shape index (κ2) is 20.5. The molecule has 0 atom stereocenters. The van der Waals surface area contributed by atoms with Crippen molar-refractivity contribution in [3.8, 4) is 44.5 Å². The standard InChI is InChI=1S/2C19H17.2CH3.2ClH.H2Si.Zr/c2*1-14(2)17-12-16-10-6-7-11-18(19(16)13-17)15-8-4-3-5-9-15;;;;;;/h2*3-11,13-14H,1-2H3;2*1H3;2*1H;1H2;/q4*-1;;;;. The van der Waals surface area contributed by atoms with E-state index in [0.717, 1.165) is 0 Å². The molecule has 6 rings (SSSR count). The van der Waals surface area contributed by atoms with Crippen molar-refractivity contribution in [3.63, 3.8) is 0 Å². The van der Waals surface area contributed by atoms with Gasteiger partial charge in [0.15, 0.2) is 0 Å². The van der Waals surface area contributed by atoms with Crippen LogP contribution in [0.3, 0.4) is 0 Å². The molecule has 44 heavy (non-hydrogen) atoms. The second-order valence-corrected chi connectivity index (χ2v) is 10.4. The Balaban J connectivity index is 0.000000733. The van der Waals surface area contributed by atoms with Gasteiger partial charge in [-0.15, -0.1) is 83.5 Å². The van der Waals surface area contributed by atoms with E-state index in [1.54, 1.807) is 23.3 Å². The van der Waals surface area contributed by atoms with E-state index < -0.39 is 0 Å². The van der Waals surface area contributed by atoms with E-state index in [9.17, 15) is 0 Å². The van der Waals surface area contributed by atoms with E-state index in [1.165, 1.54) is 55.6 Å². The Kier molecular flexibility index (Phi) is 19.4. The Bertz CT molecular complexity index is 1460. The average Bonchev–Trinajstić information content (AvgIpc) is 3.49. The molecule has 2 aromatic rings. The van der Waals surface area contributed by atoms with Crippen LogP contribution in [0.4, 0.5) is 0 Å². The van der Waals surface area contributed by atoms with Gasteiger partial charge < -0.3 is 14.9 Å². The number of halogens is 2. The van der Waals surface area contributed by atoms with Crippen LogP contribution < -0.4 is 0 Å². The fourth-order valence-electron chi connectivity index (χ4n) is 4.84. The van der Waals surface area contributed by atoms with E-state index in [-0.39, 0.29) is 39.7 Å². The molecule has 0 amide bonds. The van der Waals surface area contributed by atoms with E-state index in [0.29, 0.717) is 11.8 Å². The van der Waals surface area contributed by atoms with Gasteiger partial charge in [-0.05, 0) is 23.0 Å². The molecule has 4 heteroatoms. The maximum atomic E-state index is 3.53. The summed E-state index contributed by atoms with van der Waals surface area (Å²) in [5.41, 5.74) is 12.7. The van der Waals surface area contributed by atoms with Crippen molar-refractivity contribution in [2.75, 3.05) is 0 Å². The zero-order chi connectivity index (χ0) is 28.5. The predicted octanol–water partition coefficient (Wildman–Crippen LogP) is 11.6. The van der Waals surface area contributed by atoms with Gasteiger partial charge in [-0.3, -0.25) is 0 Å². The molecule has 0 heterocycles. The summed E-state index contributed by atoms with van der Waals surface area (Å²) in [5, 5.41) is 0. The predicted molar refractivity (Wildman–Crippen MR) is 199 cm³/mol. The van der Waals surface area contributed by atoms with Gasteiger partial charge in [0.05, 0.1) is 0 Å². The van der Waals surface area contributed by atoms with E-state index >= 15 is 0 Å². The first-order valence-corrected chi connectivity index (χ1v) is 19.8. The summed E-state index contributed by atoms with van der Waals surface area (Å²) in [5.74, 6) is 1.03. The number of benzene rings is 2. The van der Waals surface area contributed by atoms with Crippen LogP contribution in [0.25, 0.3) is 44.5 Å². The number of hydrogen-bond acceptors (Lipinski definition) is 0. The molecule has 0 aliphatic heterocycles. The SMILES string of the molecule is CC(C)c1[c-]c2ccccc(-c3ccccc3)c-2c1.CC(C)c1[c-]c2ccccc(-c3ccccc3)c-2c1.Cl.Cl.[CH3-].[CH3-].[SiH2]=[Zr]. The number of fused-ring (bicyclic) bond motifs is 2. The summed E-state index contributed by atoms with van der Waals surface area (Å²) in [6.45, 7) is 10.8. The topological polar surface area (TPSA) is 0 Å². The molecule has 0 aromatic heterocycles. The zero-order valence-electron chi connectivity index (χ0n) is 26.7. The van der Waals surface area contributed by atoms with Crippen LogP contribution >= 0.6 is 24.8 Å². The number of hydrogen-bond donors (Lipinski definition) is 0. The van der Waals surface area contributed by atoms with E-state index in [1.807, 2.05) is 6.88 Å². The van der Waals surface area contributed by atoms with Crippen LogP contribution in [-0.2, 0) is 23.3 Å². The van der Waals surface area contributed by atoms with Gasteiger partial charge in [0.25, 0.3) is 0 Å². The van der Waals surface area contributed by atoms with Gasteiger partial charge in [-0.25, -0.2) is 0 Å².